The van der Waals surface area contributed by atoms with Crippen LogP contribution in [-0.2, 0) is 6.54 Å². The van der Waals surface area contributed by atoms with Gasteiger partial charge in [-0.05, 0) is 12.5 Å². The Labute approximate surface area is 144 Å². The van der Waals surface area contributed by atoms with E-state index in [1.807, 2.05) is 42.5 Å². The van der Waals surface area contributed by atoms with Gasteiger partial charge in [0.1, 0.15) is 5.69 Å². The summed E-state index contributed by atoms with van der Waals surface area (Å²) in [6.45, 7) is 0.411. The summed E-state index contributed by atoms with van der Waals surface area (Å²) in [6, 6.07) is 17.4. The summed E-state index contributed by atoms with van der Waals surface area (Å²) in [5, 5.41) is 23.7. The Kier molecular flexibility index (Phi) is 3.56. The Bertz CT molecular complexity index is 1080. The van der Waals surface area contributed by atoms with E-state index in [-0.39, 0.29) is 11.7 Å². The fourth-order valence-corrected chi connectivity index (χ4v) is 3.42. The normalized spacial score (nSPS) is 13.1. The number of rotatable bonds is 4. The Morgan fingerprint density at radius 1 is 1.04 bits per heavy atom. The van der Waals surface area contributed by atoms with Crippen LogP contribution in [0.15, 0.2) is 42.5 Å². The zero-order valence-corrected chi connectivity index (χ0v) is 13.4. The van der Waals surface area contributed by atoms with Crippen molar-refractivity contribution in [1.29, 1.82) is 10.5 Å². The molecule has 2 aromatic carbocycles. The summed E-state index contributed by atoms with van der Waals surface area (Å²) < 4.78 is 1.80. The van der Waals surface area contributed by atoms with Crippen molar-refractivity contribution in [3.63, 3.8) is 0 Å². The van der Waals surface area contributed by atoms with Crippen molar-refractivity contribution < 1.29 is 4.79 Å². The molecule has 5 nitrogen and oxygen atoms in total. The monoisotopic (exact) mass is 326 g/mol. The largest absolute Gasteiger partial charge is 0.289 e. The van der Waals surface area contributed by atoms with Gasteiger partial charge in [0, 0.05) is 28.5 Å². The molecule has 1 unspecified atom stereocenters. The standard InChI is InChI=1S/C20H14N4O/c21-10-4-5-13(11-22)12-24-17-9-3-8-16-18(17)19(23-24)14-6-1-2-7-15(14)20(16)25/h1-3,6-9,13H,4-5,12H2. The van der Waals surface area contributed by atoms with Crippen molar-refractivity contribution in [2.45, 2.75) is 19.4 Å². The Balaban J connectivity index is 1.88. The lowest BCUT2D eigenvalue weighted by Gasteiger charge is -2.13. The van der Waals surface area contributed by atoms with Gasteiger partial charge in [0.25, 0.3) is 0 Å². The van der Waals surface area contributed by atoms with E-state index in [2.05, 4.69) is 12.1 Å². The molecule has 1 aliphatic rings. The van der Waals surface area contributed by atoms with E-state index in [0.29, 0.717) is 30.5 Å². The van der Waals surface area contributed by atoms with Crippen LogP contribution in [0.4, 0.5) is 0 Å². The molecule has 25 heavy (non-hydrogen) atoms. The maximum atomic E-state index is 12.8. The van der Waals surface area contributed by atoms with Gasteiger partial charge in [0.2, 0.25) is 0 Å². The van der Waals surface area contributed by atoms with Crippen LogP contribution in [0, 0.1) is 28.6 Å². The minimum Gasteiger partial charge on any atom is -0.289 e. The molecule has 1 aliphatic carbocycles. The highest BCUT2D eigenvalue weighted by molar-refractivity contribution is 6.25. The smallest absolute Gasteiger partial charge is 0.194 e. The van der Waals surface area contributed by atoms with Gasteiger partial charge in [-0.15, -0.1) is 0 Å². The fourth-order valence-electron chi connectivity index (χ4n) is 3.42. The highest BCUT2D eigenvalue weighted by Crippen LogP contribution is 2.38. The van der Waals surface area contributed by atoms with Gasteiger partial charge in [-0.3, -0.25) is 9.48 Å². The first-order valence-corrected chi connectivity index (χ1v) is 8.14. The predicted octanol–water partition coefficient (Wildman–Crippen LogP) is 3.69. The highest BCUT2D eigenvalue weighted by atomic mass is 16.1. The third kappa shape index (κ3) is 2.29. The van der Waals surface area contributed by atoms with Gasteiger partial charge in [0.15, 0.2) is 5.78 Å². The van der Waals surface area contributed by atoms with Gasteiger partial charge in [-0.25, -0.2) is 0 Å². The number of ketones is 1. The van der Waals surface area contributed by atoms with E-state index >= 15 is 0 Å². The molecule has 4 rings (SSSR count). The molecule has 0 N–H and O–H groups in total. The molecule has 1 atom stereocenters. The van der Waals surface area contributed by atoms with Gasteiger partial charge >= 0.3 is 0 Å². The molecule has 1 aromatic heterocycles. The van der Waals surface area contributed by atoms with Crippen molar-refractivity contribution in [2.75, 3.05) is 0 Å². The molecule has 0 aliphatic heterocycles. The fraction of sp³-hybridized carbons (Fsp3) is 0.200. The Hall–Kier alpha value is -3.44. The predicted molar refractivity (Wildman–Crippen MR) is 92.6 cm³/mol. The molecule has 0 spiro atoms. The third-order valence-electron chi connectivity index (χ3n) is 4.63. The lowest BCUT2D eigenvalue weighted by molar-refractivity contribution is 0.104. The Morgan fingerprint density at radius 2 is 1.80 bits per heavy atom. The molecule has 120 valence electrons. The van der Waals surface area contributed by atoms with Gasteiger partial charge in [-0.2, -0.15) is 15.6 Å². The number of fused-ring (bicyclic) bond motifs is 2. The van der Waals surface area contributed by atoms with E-state index in [1.165, 1.54) is 0 Å². The maximum absolute atomic E-state index is 12.8. The van der Waals surface area contributed by atoms with Crippen molar-refractivity contribution in [1.82, 2.24) is 9.78 Å². The summed E-state index contributed by atoms with van der Waals surface area (Å²) in [7, 11) is 0. The van der Waals surface area contributed by atoms with E-state index in [4.69, 9.17) is 10.4 Å². The first-order valence-electron chi connectivity index (χ1n) is 8.14. The first-order chi connectivity index (χ1) is 12.2. The van der Waals surface area contributed by atoms with Gasteiger partial charge in [0.05, 0.1) is 30.1 Å². The Morgan fingerprint density at radius 3 is 2.56 bits per heavy atom. The first kappa shape index (κ1) is 15.1. The summed E-state index contributed by atoms with van der Waals surface area (Å²) in [5.74, 6) is -0.277. The topological polar surface area (TPSA) is 82.5 Å². The molecule has 0 radical (unpaired) electrons. The van der Waals surface area contributed by atoms with Crippen LogP contribution < -0.4 is 0 Å². The minimum absolute atomic E-state index is 0.00886. The lowest BCUT2D eigenvalue weighted by Crippen LogP contribution is -2.10. The van der Waals surface area contributed by atoms with Crippen LogP contribution in [0.25, 0.3) is 22.2 Å². The summed E-state index contributed by atoms with van der Waals surface area (Å²) >= 11 is 0. The second-order valence-electron chi connectivity index (χ2n) is 6.13. The molecule has 0 saturated carbocycles. The average molecular weight is 326 g/mol. The van der Waals surface area contributed by atoms with Gasteiger partial charge < -0.3 is 0 Å². The maximum Gasteiger partial charge on any atom is 0.194 e. The number of carbonyl (C=O) groups is 1. The molecular formula is C20H14N4O. The van der Waals surface area contributed by atoms with Crippen molar-refractivity contribution >= 4 is 16.7 Å². The van der Waals surface area contributed by atoms with Crippen LogP contribution in [-0.4, -0.2) is 15.6 Å². The van der Waals surface area contributed by atoms with Crippen molar-refractivity contribution in [2.24, 2.45) is 5.92 Å². The van der Waals surface area contributed by atoms with E-state index in [1.54, 1.807) is 4.68 Å². The molecule has 0 amide bonds. The number of hydrogen-bond donors (Lipinski definition) is 0. The highest BCUT2D eigenvalue weighted by Gasteiger charge is 2.28. The molecular weight excluding hydrogens is 312 g/mol. The number of hydrogen-bond acceptors (Lipinski definition) is 4. The number of nitriles is 2. The van der Waals surface area contributed by atoms with Gasteiger partial charge in [-0.1, -0.05) is 36.4 Å². The molecule has 1 heterocycles. The minimum atomic E-state index is -0.286. The van der Waals surface area contributed by atoms with Crippen LogP contribution in [0.3, 0.4) is 0 Å². The summed E-state index contributed by atoms with van der Waals surface area (Å²) in [4.78, 5) is 12.8. The van der Waals surface area contributed by atoms with Crippen molar-refractivity contribution in [3.8, 4) is 23.4 Å². The quantitative estimate of drug-likeness (QED) is 0.572. The van der Waals surface area contributed by atoms with Crippen LogP contribution in [0.5, 0.6) is 0 Å². The molecule has 3 aromatic rings. The van der Waals surface area contributed by atoms with E-state index in [9.17, 15) is 10.1 Å². The molecule has 0 saturated heterocycles. The van der Waals surface area contributed by atoms with Crippen LogP contribution in [0.1, 0.15) is 28.8 Å². The van der Waals surface area contributed by atoms with E-state index in [0.717, 1.165) is 22.2 Å². The third-order valence-corrected chi connectivity index (χ3v) is 4.63. The average Bonchev–Trinajstić information content (AvgIpc) is 3.02. The number of nitrogens with zero attached hydrogens (tertiary/aromatic N) is 4. The summed E-state index contributed by atoms with van der Waals surface area (Å²) in [5.41, 5.74) is 3.79. The second kappa shape index (κ2) is 5.89. The van der Waals surface area contributed by atoms with Crippen molar-refractivity contribution in [3.05, 3.63) is 53.6 Å². The SMILES string of the molecule is N#CCCC(C#N)Cn1nc2c3c(cccc31)C(=O)c1ccccc1-2. The van der Waals surface area contributed by atoms with E-state index < -0.39 is 0 Å². The van der Waals surface area contributed by atoms with Crippen LogP contribution in [0.2, 0.25) is 0 Å². The second-order valence-corrected chi connectivity index (χ2v) is 6.13. The zero-order valence-electron chi connectivity index (χ0n) is 13.4. The molecule has 0 bridgehead atoms. The lowest BCUT2D eigenvalue weighted by atomic mass is 9.87. The molecule has 0 fully saturated rings. The zero-order chi connectivity index (χ0) is 17.4. The number of aromatic nitrogens is 2. The molecule has 5 heteroatoms. The number of carbonyl (C=O) groups excluding carboxylic acids is 1. The summed E-state index contributed by atoms with van der Waals surface area (Å²) in [6.07, 6.45) is 0.857. The number of benzene rings is 2. The van der Waals surface area contributed by atoms with Crippen LogP contribution >= 0.6 is 0 Å².